The summed E-state index contributed by atoms with van der Waals surface area (Å²) in [7, 11) is 0. The third-order valence-electron chi connectivity index (χ3n) is 4.30. The zero-order valence-corrected chi connectivity index (χ0v) is 14.2. The number of hydrogen-bond acceptors (Lipinski definition) is 3. The van der Waals surface area contributed by atoms with Gasteiger partial charge in [-0.3, -0.25) is 19.3 Å². The average Bonchev–Trinajstić information content (AvgIpc) is 2.81. The number of fused-ring (bicyclic) bond motifs is 1. The smallest absolute Gasteiger partial charge is 0.257 e. The minimum absolute atomic E-state index is 0.0299. The zero-order chi connectivity index (χ0) is 18.7. The van der Waals surface area contributed by atoms with E-state index in [0.29, 0.717) is 11.4 Å². The first kappa shape index (κ1) is 17.4. The highest BCUT2D eigenvalue weighted by Gasteiger charge is 2.37. The Morgan fingerprint density at radius 3 is 2.08 bits per heavy atom. The van der Waals surface area contributed by atoms with Crippen LogP contribution in [0.5, 0.6) is 0 Å². The van der Waals surface area contributed by atoms with Crippen LogP contribution < -0.4 is 9.80 Å². The summed E-state index contributed by atoms with van der Waals surface area (Å²) in [6.07, 6.45) is 2.28. The molecule has 0 aliphatic carbocycles. The van der Waals surface area contributed by atoms with Gasteiger partial charge in [0.15, 0.2) is 0 Å². The van der Waals surface area contributed by atoms with Gasteiger partial charge in [0.2, 0.25) is 5.91 Å². The standard InChI is InChI=1S/C21H18N2O3/c1-3-19(24)22-16-12-8-9-13-17(16)23(20(25)4-2)21(26)14-18(22)15-10-6-5-7-11-15/h3-13,18H,1-2,14H2. The van der Waals surface area contributed by atoms with Gasteiger partial charge in [-0.2, -0.15) is 0 Å². The Balaban J connectivity index is 2.25. The Morgan fingerprint density at radius 1 is 0.885 bits per heavy atom. The van der Waals surface area contributed by atoms with E-state index >= 15 is 0 Å². The summed E-state index contributed by atoms with van der Waals surface area (Å²) in [6.45, 7) is 7.07. The molecule has 0 radical (unpaired) electrons. The molecule has 0 saturated heterocycles. The lowest BCUT2D eigenvalue weighted by Crippen LogP contribution is -2.36. The predicted octanol–water partition coefficient (Wildman–Crippen LogP) is 3.40. The van der Waals surface area contributed by atoms with Crippen molar-refractivity contribution in [3.05, 3.63) is 85.5 Å². The van der Waals surface area contributed by atoms with E-state index in [1.807, 2.05) is 30.3 Å². The van der Waals surface area contributed by atoms with E-state index in [0.717, 1.165) is 16.5 Å². The summed E-state index contributed by atoms with van der Waals surface area (Å²) in [4.78, 5) is 40.5. The first-order valence-corrected chi connectivity index (χ1v) is 8.17. The van der Waals surface area contributed by atoms with E-state index in [9.17, 15) is 14.4 Å². The summed E-state index contributed by atoms with van der Waals surface area (Å²) in [5.41, 5.74) is 1.64. The number of hydrogen-bond donors (Lipinski definition) is 0. The normalized spacial score (nSPS) is 16.5. The van der Waals surface area contributed by atoms with Crippen molar-refractivity contribution in [2.45, 2.75) is 12.5 Å². The third kappa shape index (κ3) is 2.95. The molecule has 0 spiro atoms. The molecule has 1 aliphatic heterocycles. The van der Waals surface area contributed by atoms with E-state index < -0.39 is 17.9 Å². The highest BCUT2D eigenvalue weighted by atomic mass is 16.2. The Bertz CT molecular complexity index is 889. The number of amides is 3. The quantitative estimate of drug-likeness (QED) is 0.801. The topological polar surface area (TPSA) is 57.7 Å². The molecule has 130 valence electrons. The molecule has 1 aliphatic rings. The average molecular weight is 346 g/mol. The van der Waals surface area contributed by atoms with Crippen LogP contribution >= 0.6 is 0 Å². The fourth-order valence-corrected chi connectivity index (χ4v) is 3.15. The van der Waals surface area contributed by atoms with Crippen LogP contribution in [0.2, 0.25) is 0 Å². The molecule has 0 N–H and O–H groups in total. The molecule has 26 heavy (non-hydrogen) atoms. The van der Waals surface area contributed by atoms with Crippen molar-refractivity contribution in [2.24, 2.45) is 0 Å². The van der Waals surface area contributed by atoms with Crippen molar-refractivity contribution in [1.29, 1.82) is 0 Å². The lowest BCUT2D eigenvalue weighted by atomic mass is 10.0. The Hall–Kier alpha value is -3.47. The summed E-state index contributed by atoms with van der Waals surface area (Å²) < 4.78 is 0. The molecular formula is C21H18N2O3. The molecule has 3 rings (SSSR count). The Labute approximate surface area is 151 Å². The summed E-state index contributed by atoms with van der Waals surface area (Å²) >= 11 is 0. The van der Waals surface area contributed by atoms with E-state index in [1.54, 1.807) is 24.3 Å². The van der Waals surface area contributed by atoms with E-state index in [4.69, 9.17) is 0 Å². The van der Waals surface area contributed by atoms with Gasteiger partial charge in [-0.15, -0.1) is 0 Å². The van der Waals surface area contributed by atoms with Crippen LogP contribution in [0.4, 0.5) is 11.4 Å². The largest absolute Gasteiger partial charge is 0.299 e. The van der Waals surface area contributed by atoms with Crippen molar-refractivity contribution in [1.82, 2.24) is 0 Å². The SMILES string of the molecule is C=CC(=O)N1C(=O)CC(c2ccccc2)N(C(=O)C=C)c2ccccc21. The summed E-state index contributed by atoms with van der Waals surface area (Å²) in [5, 5.41) is 0. The fraction of sp³-hybridized carbons (Fsp3) is 0.0952. The van der Waals surface area contributed by atoms with Gasteiger partial charge in [0.25, 0.3) is 11.8 Å². The maximum Gasteiger partial charge on any atom is 0.257 e. The molecule has 1 heterocycles. The van der Waals surface area contributed by atoms with E-state index in [-0.39, 0.29) is 12.3 Å². The van der Waals surface area contributed by atoms with Crippen molar-refractivity contribution in [3.63, 3.8) is 0 Å². The summed E-state index contributed by atoms with van der Waals surface area (Å²) in [6, 6.07) is 15.6. The van der Waals surface area contributed by atoms with Crippen LogP contribution in [-0.4, -0.2) is 17.7 Å². The lowest BCUT2D eigenvalue weighted by molar-refractivity contribution is -0.124. The highest BCUT2D eigenvalue weighted by molar-refractivity contribution is 6.22. The number of rotatable bonds is 3. The second-order valence-electron chi connectivity index (χ2n) is 5.80. The molecule has 2 aromatic rings. The monoisotopic (exact) mass is 346 g/mol. The van der Waals surface area contributed by atoms with Crippen LogP contribution in [-0.2, 0) is 14.4 Å². The minimum Gasteiger partial charge on any atom is -0.299 e. The Morgan fingerprint density at radius 2 is 1.46 bits per heavy atom. The van der Waals surface area contributed by atoms with Crippen LogP contribution in [0.15, 0.2) is 79.9 Å². The molecule has 5 heteroatoms. The van der Waals surface area contributed by atoms with Gasteiger partial charge < -0.3 is 0 Å². The van der Waals surface area contributed by atoms with Gasteiger partial charge >= 0.3 is 0 Å². The van der Waals surface area contributed by atoms with Crippen LogP contribution in [0, 0.1) is 0 Å². The number of carbonyl (C=O) groups is 3. The third-order valence-corrected chi connectivity index (χ3v) is 4.30. The van der Waals surface area contributed by atoms with Crippen LogP contribution in [0.1, 0.15) is 18.0 Å². The lowest BCUT2D eigenvalue weighted by Gasteiger charge is -2.29. The minimum atomic E-state index is -0.544. The molecule has 1 unspecified atom stereocenters. The van der Waals surface area contributed by atoms with Crippen molar-refractivity contribution < 1.29 is 14.4 Å². The number of benzene rings is 2. The maximum absolute atomic E-state index is 12.9. The molecule has 0 aromatic heterocycles. The number of imide groups is 1. The first-order chi connectivity index (χ1) is 12.6. The van der Waals surface area contributed by atoms with Gasteiger partial charge in [-0.1, -0.05) is 55.6 Å². The van der Waals surface area contributed by atoms with Gasteiger partial charge in [0.05, 0.1) is 23.8 Å². The Kier molecular flexibility index (Phi) is 4.80. The van der Waals surface area contributed by atoms with Crippen molar-refractivity contribution in [2.75, 3.05) is 9.80 Å². The molecule has 0 fully saturated rings. The van der Waals surface area contributed by atoms with Crippen LogP contribution in [0.25, 0.3) is 0 Å². The van der Waals surface area contributed by atoms with Crippen LogP contribution in [0.3, 0.4) is 0 Å². The van der Waals surface area contributed by atoms with Crippen molar-refractivity contribution in [3.8, 4) is 0 Å². The number of carbonyl (C=O) groups excluding carboxylic acids is 3. The predicted molar refractivity (Wildman–Crippen MR) is 101 cm³/mol. The molecule has 1 atom stereocenters. The number of nitrogens with zero attached hydrogens (tertiary/aromatic N) is 2. The van der Waals surface area contributed by atoms with Crippen molar-refractivity contribution >= 4 is 29.1 Å². The molecule has 0 bridgehead atoms. The molecule has 2 aromatic carbocycles. The number of para-hydroxylation sites is 2. The maximum atomic E-state index is 12.9. The van der Waals surface area contributed by atoms with E-state index in [1.165, 1.54) is 11.0 Å². The first-order valence-electron chi connectivity index (χ1n) is 8.17. The molecule has 3 amide bonds. The van der Waals surface area contributed by atoms with E-state index in [2.05, 4.69) is 13.2 Å². The highest BCUT2D eigenvalue weighted by Crippen LogP contribution is 2.40. The van der Waals surface area contributed by atoms with Gasteiger partial charge in [0, 0.05) is 0 Å². The molecule has 0 saturated carbocycles. The zero-order valence-electron chi connectivity index (χ0n) is 14.2. The van der Waals surface area contributed by atoms with Gasteiger partial charge in [0.1, 0.15) is 0 Å². The number of anilines is 2. The summed E-state index contributed by atoms with van der Waals surface area (Å²) in [5.74, 6) is -1.26. The second-order valence-corrected chi connectivity index (χ2v) is 5.80. The second kappa shape index (κ2) is 7.19. The van der Waals surface area contributed by atoms with Gasteiger partial charge in [-0.25, -0.2) is 4.90 Å². The molecular weight excluding hydrogens is 328 g/mol. The molecule has 5 nitrogen and oxygen atoms in total. The fourth-order valence-electron chi connectivity index (χ4n) is 3.15. The van der Waals surface area contributed by atoms with Gasteiger partial charge in [-0.05, 0) is 29.8 Å².